The number of nitrogens with zero attached hydrogens (tertiary/aromatic N) is 1. The Kier molecular flexibility index (Phi) is 3.48. The van der Waals surface area contributed by atoms with Crippen molar-refractivity contribution in [2.45, 2.75) is 6.23 Å². The summed E-state index contributed by atoms with van der Waals surface area (Å²) in [6.45, 7) is 0. The molecule has 0 saturated heterocycles. The number of hydrogen-bond donors (Lipinski definition) is 2. The molecule has 0 radical (unpaired) electrons. The lowest BCUT2D eigenvalue weighted by molar-refractivity contribution is 0.320. The van der Waals surface area contributed by atoms with Gasteiger partial charge in [0.15, 0.2) is 0 Å². The van der Waals surface area contributed by atoms with Crippen LogP contribution in [0.4, 0.5) is 11.4 Å². The van der Waals surface area contributed by atoms with E-state index in [2.05, 4.69) is 10.3 Å². The maximum absolute atomic E-state index is 10.0. The van der Waals surface area contributed by atoms with Gasteiger partial charge in [-0.25, -0.2) is 4.99 Å². The molecule has 0 amide bonds. The van der Waals surface area contributed by atoms with Crippen molar-refractivity contribution in [2.75, 3.05) is 5.32 Å². The molecular formula is C18H14N2O2S. The fourth-order valence-corrected chi connectivity index (χ4v) is 3.20. The SMILES string of the molecule is Oc1ccccc1N=C(c1cccs1)C1Nc2ccccc2O1. The maximum Gasteiger partial charge on any atom is 0.215 e. The predicted molar refractivity (Wildman–Crippen MR) is 93.1 cm³/mol. The normalized spacial score (nSPS) is 16.5. The van der Waals surface area contributed by atoms with Gasteiger partial charge < -0.3 is 15.2 Å². The highest BCUT2D eigenvalue weighted by atomic mass is 32.1. The average Bonchev–Trinajstić information content (AvgIpc) is 3.23. The number of para-hydroxylation sites is 4. The largest absolute Gasteiger partial charge is 0.506 e. The Morgan fingerprint density at radius 1 is 1.04 bits per heavy atom. The monoisotopic (exact) mass is 322 g/mol. The maximum atomic E-state index is 10.0. The van der Waals surface area contributed by atoms with E-state index in [4.69, 9.17) is 4.74 Å². The lowest BCUT2D eigenvalue weighted by atomic mass is 10.2. The summed E-state index contributed by atoms with van der Waals surface area (Å²) >= 11 is 1.59. The highest BCUT2D eigenvalue weighted by Crippen LogP contribution is 2.34. The zero-order valence-corrected chi connectivity index (χ0v) is 13.0. The Balaban J connectivity index is 1.75. The summed E-state index contributed by atoms with van der Waals surface area (Å²) < 4.78 is 5.99. The van der Waals surface area contributed by atoms with Crippen molar-refractivity contribution in [3.8, 4) is 11.5 Å². The molecule has 1 aliphatic rings. The first-order valence-electron chi connectivity index (χ1n) is 7.24. The number of aliphatic imine (C=N–C) groups is 1. The van der Waals surface area contributed by atoms with Crippen molar-refractivity contribution in [1.29, 1.82) is 0 Å². The molecule has 114 valence electrons. The number of aromatic hydroxyl groups is 1. The Bertz CT molecular complexity index is 834. The fraction of sp³-hybridized carbons (Fsp3) is 0.0556. The summed E-state index contributed by atoms with van der Waals surface area (Å²) in [5.41, 5.74) is 2.22. The van der Waals surface area contributed by atoms with Gasteiger partial charge in [-0.15, -0.1) is 11.3 Å². The van der Waals surface area contributed by atoms with Crippen LogP contribution < -0.4 is 10.1 Å². The first-order valence-corrected chi connectivity index (χ1v) is 8.12. The van der Waals surface area contributed by atoms with Gasteiger partial charge in [0, 0.05) is 0 Å². The third-order valence-corrected chi connectivity index (χ3v) is 4.46. The van der Waals surface area contributed by atoms with Crippen LogP contribution in [0.2, 0.25) is 0 Å². The smallest absolute Gasteiger partial charge is 0.215 e. The molecule has 1 unspecified atom stereocenters. The molecule has 4 nitrogen and oxygen atoms in total. The number of thiophene rings is 1. The third-order valence-electron chi connectivity index (χ3n) is 3.56. The summed E-state index contributed by atoms with van der Waals surface area (Å²) in [7, 11) is 0. The predicted octanol–water partition coefficient (Wildman–Crippen LogP) is 4.41. The number of benzene rings is 2. The summed E-state index contributed by atoms with van der Waals surface area (Å²) in [5.74, 6) is 0.955. The van der Waals surface area contributed by atoms with Gasteiger partial charge in [-0.1, -0.05) is 30.3 Å². The molecule has 2 aromatic carbocycles. The molecule has 2 N–H and O–H groups in total. The van der Waals surface area contributed by atoms with Gasteiger partial charge in [0.2, 0.25) is 6.23 Å². The average molecular weight is 322 g/mol. The molecule has 0 spiro atoms. The second-order valence-corrected chi connectivity index (χ2v) is 6.05. The van der Waals surface area contributed by atoms with Crippen LogP contribution in [0, 0.1) is 0 Å². The first-order chi connectivity index (χ1) is 11.3. The molecule has 0 bridgehead atoms. The van der Waals surface area contributed by atoms with Crippen LogP contribution in [0.15, 0.2) is 71.0 Å². The standard InChI is InChI=1S/C18H14N2O2S/c21-14-8-3-1-6-12(14)19-17(16-10-5-11-23-16)18-20-13-7-2-4-9-15(13)22-18/h1-11,18,20-21H. The summed E-state index contributed by atoms with van der Waals surface area (Å²) in [6, 6.07) is 18.8. The number of nitrogens with one attached hydrogen (secondary N) is 1. The highest BCUT2D eigenvalue weighted by Gasteiger charge is 2.28. The van der Waals surface area contributed by atoms with Crippen molar-refractivity contribution >= 4 is 28.4 Å². The molecule has 23 heavy (non-hydrogen) atoms. The molecule has 3 aromatic rings. The second-order valence-electron chi connectivity index (χ2n) is 5.10. The summed E-state index contributed by atoms with van der Waals surface area (Å²) in [6.07, 6.45) is -0.384. The number of hydrogen-bond acceptors (Lipinski definition) is 5. The van der Waals surface area contributed by atoms with Crippen LogP contribution in [0.1, 0.15) is 4.88 Å². The Morgan fingerprint density at radius 2 is 1.87 bits per heavy atom. The zero-order chi connectivity index (χ0) is 15.6. The summed E-state index contributed by atoms with van der Waals surface area (Å²) in [5, 5.41) is 15.3. The van der Waals surface area contributed by atoms with E-state index < -0.39 is 0 Å². The van der Waals surface area contributed by atoms with Gasteiger partial charge in [0.25, 0.3) is 0 Å². The van der Waals surface area contributed by atoms with Crippen LogP contribution in [0.5, 0.6) is 11.5 Å². The van der Waals surface area contributed by atoms with Crippen molar-refractivity contribution in [1.82, 2.24) is 0 Å². The molecule has 1 atom stereocenters. The number of phenols is 1. The number of anilines is 1. The van der Waals surface area contributed by atoms with Crippen molar-refractivity contribution in [2.24, 2.45) is 4.99 Å². The van der Waals surface area contributed by atoms with Crippen LogP contribution in [0.3, 0.4) is 0 Å². The zero-order valence-electron chi connectivity index (χ0n) is 12.1. The van der Waals surface area contributed by atoms with Crippen molar-refractivity contribution in [3.05, 3.63) is 70.9 Å². The van der Waals surface area contributed by atoms with Crippen LogP contribution in [-0.4, -0.2) is 17.0 Å². The van der Waals surface area contributed by atoms with Crippen LogP contribution >= 0.6 is 11.3 Å². The van der Waals surface area contributed by atoms with E-state index in [1.165, 1.54) is 0 Å². The van der Waals surface area contributed by atoms with Crippen LogP contribution in [-0.2, 0) is 0 Å². The topological polar surface area (TPSA) is 53.9 Å². The molecule has 0 aliphatic carbocycles. The molecule has 4 rings (SSSR count). The van der Waals surface area contributed by atoms with Gasteiger partial charge in [-0.3, -0.25) is 0 Å². The molecule has 1 aromatic heterocycles. The number of phenolic OH excluding ortho intramolecular Hbond substituents is 1. The minimum atomic E-state index is -0.384. The molecule has 5 heteroatoms. The minimum Gasteiger partial charge on any atom is -0.506 e. The van der Waals surface area contributed by atoms with Gasteiger partial charge in [0.1, 0.15) is 22.9 Å². The quantitative estimate of drug-likeness (QED) is 0.703. The minimum absolute atomic E-state index is 0.150. The highest BCUT2D eigenvalue weighted by molar-refractivity contribution is 7.12. The summed E-state index contributed by atoms with van der Waals surface area (Å²) in [4.78, 5) is 5.65. The van der Waals surface area contributed by atoms with E-state index in [1.54, 1.807) is 29.5 Å². The van der Waals surface area contributed by atoms with E-state index in [9.17, 15) is 5.11 Å². The Morgan fingerprint density at radius 3 is 2.65 bits per heavy atom. The second kappa shape index (κ2) is 5.78. The van der Waals surface area contributed by atoms with E-state index >= 15 is 0 Å². The first kappa shape index (κ1) is 13.8. The van der Waals surface area contributed by atoms with Gasteiger partial charge in [0.05, 0.1) is 10.6 Å². The van der Waals surface area contributed by atoms with Gasteiger partial charge >= 0.3 is 0 Å². The van der Waals surface area contributed by atoms with E-state index in [-0.39, 0.29) is 12.0 Å². The number of ether oxygens (including phenoxy) is 1. The van der Waals surface area contributed by atoms with E-state index in [1.807, 2.05) is 47.8 Å². The molecule has 1 aliphatic heterocycles. The molecule has 0 fully saturated rings. The lowest BCUT2D eigenvalue weighted by Crippen LogP contribution is -2.30. The van der Waals surface area contributed by atoms with Crippen molar-refractivity contribution in [3.63, 3.8) is 0 Å². The third kappa shape index (κ3) is 2.66. The Labute approximate surface area is 137 Å². The van der Waals surface area contributed by atoms with Crippen molar-refractivity contribution < 1.29 is 9.84 Å². The van der Waals surface area contributed by atoms with E-state index in [0.29, 0.717) is 5.69 Å². The molecule has 2 heterocycles. The Hall–Kier alpha value is -2.79. The molecule has 0 saturated carbocycles. The van der Waals surface area contributed by atoms with Crippen LogP contribution in [0.25, 0.3) is 0 Å². The fourth-order valence-electron chi connectivity index (χ4n) is 2.47. The van der Waals surface area contributed by atoms with Gasteiger partial charge in [-0.05, 0) is 35.7 Å². The lowest BCUT2D eigenvalue weighted by Gasteiger charge is -2.14. The molecular weight excluding hydrogens is 308 g/mol. The number of rotatable bonds is 3. The number of fused-ring (bicyclic) bond motifs is 1. The van der Waals surface area contributed by atoms with Gasteiger partial charge in [-0.2, -0.15) is 0 Å². The van der Waals surface area contributed by atoms with E-state index in [0.717, 1.165) is 22.0 Å².